The lowest BCUT2D eigenvalue weighted by Crippen LogP contribution is -2.49. The van der Waals surface area contributed by atoms with Crippen LogP contribution in [-0.2, 0) is 20.8 Å². The number of nitrogens with one attached hydrogen (secondary N) is 5. The van der Waals surface area contributed by atoms with Gasteiger partial charge in [0.1, 0.15) is 12.4 Å². The van der Waals surface area contributed by atoms with E-state index in [4.69, 9.17) is 16.7 Å². The quantitative estimate of drug-likeness (QED) is 0.143. The first-order chi connectivity index (χ1) is 22.7. The van der Waals surface area contributed by atoms with E-state index in [1.807, 2.05) is 0 Å². The average molecular weight is 661 g/mol. The fraction of sp³-hybridized carbons (Fsp3) is 0.200. The second kappa shape index (κ2) is 14.9. The largest absolute Gasteiger partial charge is 0.478 e. The molecule has 242 valence electrons. The number of tetrazole rings is 1. The van der Waals surface area contributed by atoms with Gasteiger partial charge >= 0.3 is 23.8 Å². The molecule has 2 heterocycles. The fourth-order valence-corrected chi connectivity index (χ4v) is 4.82. The average Bonchev–Trinajstić information content (AvgIpc) is 3.61. The summed E-state index contributed by atoms with van der Waals surface area (Å²) in [7, 11) is 0. The van der Waals surface area contributed by atoms with E-state index in [2.05, 4.69) is 42.1 Å². The third kappa shape index (κ3) is 8.65. The molecule has 1 saturated heterocycles. The van der Waals surface area contributed by atoms with Crippen LogP contribution in [0.25, 0.3) is 5.69 Å². The van der Waals surface area contributed by atoms with E-state index in [1.165, 1.54) is 41.3 Å². The number of urea groups is 1. The van der Waals surface area contributed by atoms with Crippen molar-refractivity contribution in [1.82, 2.24) is 35.7 Å². The maximum atomic E-state index is 13.4. The highest BCUT2D eigenvalue weighted by Crippen LogP contribution is 2.24. The van der Waals surface area contributed by atoms with Crippen LogP contribution in [0.15, 0.2) is 73.1 Å². The van der Waals surface area contributed by atoms with Gasteiger partial charge in [-0.15, -0.1) is 5.10 Å². The minimum absolute atomic E-state index is 0.0238. The van der Waals surface area contributed by atoms with E-state index in [0.29, 0.717) is 43.1 Å². The maximum absolute atomic E-state index is 13.4. The number of anilines is 3. The number of hydrogen-bond acceptors (Lipinski definition) is 9. The first kappa shape index (κ1) is 32.5. The molecule has 3 aromatic carbocycles. The number of aromatic nitrogens is 4. The minimum Gasteiger partial charge on any atom is -0.478 e. The molecule has 0 spiro atoms. The van der Waals surface area contributed by atoms with Crippen molar-refractivity contribution in [2.24, 2.45) is 0 Å². The monoisotopic (exact) mass is 660 g/mol. The molecule has 4 aromatic rings. The number of nitrogens with zero attached hydrogens (tertiary/aromatic N) is 5. The highest BCUT2D eigenvalue weighted by molar-refractivity contribution is 6.40. The Kier molecular flexibility index (Phi) is 10.3. The van der Waals surface area contributed by atoms with E-state index >= 15 is 0 Å². The van der Waals surface area contributed by atoms with Crippen molar-refractivity contribution < 1.29 is 29.1 Å². The number of rotatable bonds is 9. The lowest BCUT2D eigenvalue weighted by Gasteiger charge is -2.27. The number of amides is 5. The van der Waals surface area contributed by atoms with Crippen molar-refractivity contribution in [3.63, 3.8) is 0 Å². The van der Waals surface area contributed by atoms with E-state index in [-0.39, 0.29) is 34.4 Å². The number of carboxylic acid groups (broad SMARTS) is 1. The third-order valence-electron chi connectivity index (χ3n) is 7.08. The zero-order valence-corrected chi connectivity index (χ0v) is 25.4. The summed E-state index contributed by atoms with van der Waals surface area (Å²) in [5.41, 5.74) is 1.94. The van der Waals surface area contributed by atoms with Crippen molar-refractivity contribution in [1.29, 1.82) is 0 Å². The number of carbonyl (C=O) groups is 5. The van der Waals surface area contributed by atoms with Gasteiger partial charge in [0.25, 0.3) is 0 Å². The lowest BCUT2D eigenvalue weighted by atomic mass is 10.0. The third-order valence-corrected chi connectivity index (χ3v) is 7.31. The molecule has 16 nitrogen and oxygen atoms in total. The Morgan fingerprint density at radius 3 is 2.21 bits per heavy atom. The van der Waals surface area contributed by atoms with Crippen LogP contribution in [0.1, 0.15) is 15.9 Å². The van der Waals surface area contributed by atoms with Crippen LogP contribution in [0.4, 0.5) is 21.9 Å². The van der Waals surface area contributed by atoms with Crippen molar-refractivity contribution >= 4 is 58.4 Å². The molecular formula is C30H29ClN10O6. The fourth-order valence-electron chi connectivity index (χ4n) is 4.65. The first-order valence-electron chi connectivity index (χ1n) is 14.3. The molecule has 0 aliphatic carbocycles. The van der Waals surface area contributed by atoms with Gasteiger partial charge in [-0.1, -0.05) is 23.7 Å². The normalized spacial score (nSPS) is 13.3. The zero-order chi connectivity index (χ0) is 33.3. The molecule has 1 atom stereocenters. The summed E-state index contributed by atoms with van der Waals surface area (Å²) in [4.78, 5) is 65.1. The summed E-state index contributed by atoms with van der Waals surface area (Å²) in [6.07, 6.45) is 1.27. The molecule has 1 aliphatic rings. The number of hydrogen-bond donors (Lipinski definition) is 6. The maximum Gasteiger partial charge on any atom is 0.335 e. The molecule has 0 radical (unpaired) electrons. The van der Waals surface area contributed by atoms with Gasteiger partial charge in [-0.05, 0) is 70.6 Å². The SMILES string of the molecule is O=C(Nc1cc(Cl)ccc1-n1cnnn1)C(=O)N[C@@H](Cc1ccc(NC(=O)N2CCNCC2)cc1)C(=O)Nc1ccc(C(=O)O)cc1. The number of benzene rings is 3. The number of piperazine rings is 1. The number of carbonyl (C=O) groups excluding carboxylic acids is 4. The highest BCUT2D eigenvalue weighted by Gasteiger charge is 2.26. The first-order valence-corrected chi connectivity index (χ1v) is 14.7. The van der Waals surface area contributed by atoms with Crippen molar-refractivity contribution in [2.75, 3.05) is 42.1 Å². The van der Waals surface area contributed by atoms with Crippen LogP contribution in [0.3, 0.4) is 0 Å². The Bertz CT molecular complexity index is 1760. The summed E-state index contributed by atoms with van der Waals surface area (Å²) >= 11 is 6.11. The number of carboxylic acids is 1. The second-order valence-electron chi connectivity index (χ2n) is 10.3. The predicted octanol–water partition coefficient (Wildman–Crippen LogP) is 1.76. The van der Waals surface area contributed by atoms with Crippen molar-refractivity contribution in [2.45, 2.75) is 12.5 Å². The van der Waals surface area contributed by atoms with Gasteiger partial charge in [0.05, 0.1) is 16.9 Å². The van der Waals surface area contributed by atoms with Gasteiger partial charge in [0.2, 0.25) is 5.91 Å². The van der Waals surface area contributed by atoms with Gasteiger partial charge in [-0.3, -0.25) is 14.4 Å². The molecule has 17 heteroatoms. The molecular weight excluding hydrogens is 632 g/mol. The van der Waals surface area contributed by atoms with Crippen LogP contribution >= 0.6 is 11.6 Å². The van der Waals surface area contributed by atoms with E-state index < -0.39 is 29.7 Å². The molecule has 0 unspecified atom stereocenters. The van der Waals surface area contributed by atoms with Crippen LogP contribution < -0.4 is 26.6 Å². The number of aromatic carboxylic acids is 1. The second-order valence-corrected chi connectivity index (χ2v) is 10.8. The highest BCUT2D eigenvalue weighted by atomic mass is 35.5. The molecule has 47 heavy (non-hydrogen) atoms. The Morgan fingerprint density at radius 1 is 0.872 bits per heavy atom. The summed E-state index contributed by atoms with van der Waals surface area (Å²) in [6.45, 7) is 2.60. The lowest BCUT2D eigenvalue weighted by molar-refractivity contribution is -0.137. The predicted molar refractivity (Wildman–Crippen MR) is 170 cm³/mol. The Hall–Kier alpha value is -5.87. The molecule has 6 N–H and O–H groups in total. The summed E-state index contributed by atoms with van der Waals surface area (Å²) in [5, 5.41) is 34.0. The van der Waals surface area contributed by atoms with Gasteiger partial charge < -0.3 is 36.6 Å². The molecule has 1 aliphatic heterocycles. The Morgan fingerprint density at radius 2 is 1.55 bits per heavy atom. The van der Waals surface area contributed by atoms with Gasteiger partial charge in [0, 0.05) is 49.0 Å². The van der Waals surface area contributed by atoms with Crippen LogP contribution in [-0.4, -0.2) is 92.2 Å². The van der Waals surface area contributed by atoms with E-state index in [9.17, 15) is 24.0 Å². The minimum atomic E-state index is -1.24. The van der Waals surface area contributed by atoms with E-state index in [1.54, 1.807) is 41.3 Å². The van der Waals surface area contributed by atoms with Gasteiger partial charge in [-0.2, -0.15) is 4.68 Å². The zero-order valence-electron chi connectivity index (χ0n) is 24.6. The van der Waals surface area contributed by atoms with E-state index in [0.717, 1.165) is 0 Å². The van der Waals surface area contributed by atoms with Crippen LogP contribution in [0.5, 0.6) is 0 Å². The molecule has 1 aromatic heterocycles. The summed E-state index contributed by atoms with van der Waals surface area (Å²) in [6, 6.07) is 15.2. The smallest absolute Gasteiger partial charge is 0.335 e. The summed E-state index contributed by atoms with van der Waals surface area (Å²) in [5.74, 6) is -4.00. The van der Waals surface area contributed by atoms with Crippen molar-refractivity contribution in [3.05, 3.63) is 89.2 Å². The van der Waals surface area contributed by atoms with Gasteiger partial charge in [0.15, 0.2) is 0 Å². The molecule has 0 bridgehead atoms. The molecule has 1 fully saturated rings. The van der Waals surface area contributed by atoms with Crippen molar-refractivity contribution in [3.8, 4) is 5.69 Å². The standard InChI is InChI=1S/C30H29ClN10O6/c31-20-5-10-25(41-17-33-38-39-41)23(16-20)36-27(43)28(44)37-24(26(42)34-21-8-3-19(4-9-21)29(45)46)15-18-1-6-22(7-2-18)35-30(47)40-13-11-32-12-14-40/h1-10,16-17,24,32H,11-15H2,(H,34,42)(H,35,47)(H,36,43)(H,37,44)(H,45,46)/t24-/m0/s1. The number of halogens is 1. The summed E-state index contributed by atoms with van der Waals surface area (Å²) < 4.78 is 1.27. The Labute approximate surface area is 272 Å². The van der Waals surface area contributed by atoms with Gasteiger partial charge in [-0.25, -0.2) is 9.59 Å². The topological polar surface area (TPSA) is 213 Å². The molecule has 0 saturated carbocycles. The van der Waals surface area contributed by atoms with Crippen LogP contribution in [0, 0.1) is 0 Å². The molecule has 5 rings (SSSR count). The Balaban J connectivity index is 1.30. The molecule has 5 amide bonds. The van der Waals surface area contributed by atoms with Crippen LogP contribution in [0.2, 0.25) is 5.02 Å².